The Morgan fingerprint density at radius 3 is 2.69 bits per heavy atom. The summed E-state index contributed by atoms with van der Waals surface area (Å²) in [6.45, 7) is -0.0454. The average Bonchev–Trinajstić information content (AvgIpc) is 3.15. The van der Waals surface area contributed by atoms with Gasteiger partial charge in [0.1, 0.15) is 13.2 Å². The van der Waals surface area contributed by atoms with E-state index in [0.717, 1.165) is 11.3 Å². The zero-order valence-corrected chi connectivity index (χ0v) is 14.5. The summed E-state index contributed by atoms with van der Waals surface area (Å²) < 4.78 is 6.65. The van der Waals surface area contributed by atoms with Crippen LogP contribution >= 0.6 is 11.6 Å². The second-order valence-electron chi connectivity index (χ2n) is 5.48. The number of hydrogen-bond donors (Lipinski definition) is 1. The van der Waals surface area contributed by atoms with Crippen LogP contribution in [0, 0.1) is 0 Å². The van der Waals surface area contributed by atoms with Crippen LogP contribution in [0.5, 0.6) is 0 Å². The molecule has 0 aliphatic heterocycles. The van der Waals surface area contributed by atoms with Crippen LogP contribution < -0.4 is 5.32 Å². The van der Waals surface area contributed by atoms with Crippen molar-refractivity contribution in [1.82, 2.24) is 15.1 Å². The van der Waals surface area contributed by atoms with E-state index in [1.54, 1.807) is 24.4 Å². The fourth-order valence-corrected chi connectivity index (χ4v) is 2.43. The maximum atomic E-state index is 12.1. The van der Waals surface area contributed by atoms with Crippen molar-refractivity contribution < 1.29 is 14.3 Å². The van der Waals surface area contributed by atoms with Crippen molar-refractivity contribution in [3.63, 3.8) is 0 Å². The van der Waals surface area contributed by atoms with Gasteiger partial charge in [0.25, 0.3) is 5.91 Å². The van der Waals surface area contributed by atoms with Gasteiger partial charge in [0.05, 0.1) is 17.4 Å². The van der Waals surface area contributed by atoms with Gasteiger partial charge in [0, 0.05) is 11.2 Å². The zero-order valence-electron chi connectivity index (χ0n) is 13.8. The van der Waals surface area contributed by atoms with Crippen LogP contribution in [0.4, 0.5) is 0 Å². The summed E-state index contributed by atoms with van der Waals surface area (Å²) in [6.07, 6.45) is 2.99. The monoisotopic (exact) mass is 369 g/mol. The Hall–Kier alpha value is -3.12. The van der Waals surface area contributed by atoms with E-state index < -0.39 is 11.9 Å². The molecule has 0 saturated heterocycles. The third kappa shape index (κ3) is 4.70. The van der Waals surface area contributed by atoms with Crippen LogP contribution in [0.15, 0.2) is 67.0 Å². The van der Waals surface area contributed by atoms with Gasteiger partial charge in [-0.05, 0) is 23.8 Å². The molecule has 3 aromatic rings. The molecule has 0 radical (unpaired) electrons. The summed E-state index contributed by atoms with van der Waals surface area (Å²) in [7, 11) is 0. The molecule has 0 bridgehead atoms. The van der Waals surface area contributed by atoms with Crippen molar-refractivity contribution in [1.29, 1.82) is 0 Å². The fourth-order valence-electron chi connectivity index (χ4n) is 2.24. The number of esters is 1. The zero-order chi connectivity index (χ0) is 18.4. The molecule has 1 amide bonds. The lowest BCUT2D eigenvalue weighted by atomic mass is 10.2. The van der Waals surface area contributed by atoms with E-state index in [2.05, 4.69) is 10.4 Å². The molecule has 1 aromatic heterocycles. The van der Waals surface area contributed by atoms with Crippen LogP contribution in [0.1, 0.15) is 15.9 Å². The second kappa shape index (κ2) is 8.31. The van der Waals surface area contributed by atoms with E-state index in [9.17, 15) is 9.59 Å². The minimum absolute atomic E-state index is 0.169. The highest BCUT2D eigenvalue weighted by Crippen LogP contribution is 2.14. The van der Waals surface area contributed by atoms with Gasteiger partial charge >= 0.3 is 5.97 Å². The highest BCUT2D eigenvalue weighted by molar-refractivity contribution is 6.30. The van der Waals surface area contributed by atoms with Crippen LogP contribution in [0.2, 0.25) is 5.02 Å². The first-order valence-electron chi connectivity index (χ1n) is 7.90. The number of carbonyl (C=O) groups is 2. The minimum atomic E-state index is -0.510. The van der Waals surface area contributed by atoms with Crippen LogP contribution in [-0.2, 0) is 16.1 Å². The van der Waals surface area contributed by atoms with Gasteiger partial charge in [-0.1, -0.05) is 48.0 Å². The Balaban J connectivity index is 1.51. The molecule has 0 aliphatic carbocycles. The van der Waals surface area contributed by atoms with Crippen molar-refractivity contribution >= 4 is 23.5 Å². The van der Waals surface area contributed by atoms with E-state index in [1.165, 1.54) is 10.9 Å². The summed E-state index contributed by atoms with van der Waals surface area (Å²) in [6, 6.07) is 16.4. The molecule has 1 N–H and O–H groups in total. The van der Waals surface area contributed by atoms with Gasteiger partial charge in [-0.15, -0.1) is 0 Å². The minimum Gasteiger partial charge on any atom is -0.460 e. The number of hydrogen-bond acceptors (Lipinski definition) is 4. The van der Waals surface area contributed by atoms with Crippen molar-refractivity contribution in [2.24, 2.45) is 0 Å². The number of halogens is 1. The van der Waals surface area contributed by atoms with Crippen molar-refractivity contribution in [2.75, 3.05) is 6.54 Å². The van der Waals surface area contributed by atoms with Gasteiger partial charge in [0.15, 0.2) is 0 Å². The SMILES string of the molecule is O=C(CNC(=O)c1cnn(-c2cccc(Cl)c2)c1)OCc1ccccc1. The summed E-state index contributed by atoms with van der Waals surface area (Å²) in [5, 5.41) is 7.23. The molecule has 0 spiro atoms. The maximum absolute atomic E-state index is 12.1. The fraction of sp³-hybridized carbons (Fsp3) is 0.105. The summed E-state index contributed by atoms with van der Waals surface area (Å²) in [5.74, 6) is -0.917. The molecule has 3 rings (SSSR count). The summed E-state index contributed by atoms with van der Waals surface area (Å²) >= 11 is 5.95. The number of aromatic nitrogens is 2. The standard InChI is InChI=1S/C19H16ClN3O3/c20-16-7-4-8-17(9-16)23-12-15(10-22-23)19(25)21-11-18(24)26-13-14-5-2-1-3-6-14/h1-10,12H,11,13H2,(H,21,25). The topological polar surface area (TPSA) is 73.2 Å². The number of benzene rings is 2. The highest BCUT2D eigenvalue weighted by atomic mass is 35.5. The molecular formula is C19H16ClN3O3. The second-order valence-corrected chi connectivity index (χ2v) is 5.92. The number of nitrogens with one attached hydrogen (secondary N) is 1. The Labute approximate surface area is 155 Å². The lowest BCUT2D eigenvalue weighted by Crippen LogP contribution is -2.30. The maximum Gasteiger partial charge on any atom is 0.325 e. The quantitative estimate of drug-likeness (QED) is 0.678. The van der Waals surface area contributed by atoms with Crippen molar-refractivity contribution in [2.45, 2.75) is 6.61 Å². The van der Waals surface area contributed by atoms with Crippen LogP contribution in [0.25, 0.3) is 5.69 Å². The molecule has 1 heterocycles. The predicted molar refractivity (Wildman–Crippen MR) is 97.1 cm³/mol. The predicted octanol–water partition coefficient (Wildman–Crippen LogP) is 3.00. The van der Waals surface area contributed by atoms with Crippen LogP contribution in [0.3, 0.4) is 0 Å². The van der Waals surface area contributed by atoms with E-state index in [1.807, 2.05) is 36.4 Å². The van der Waals surface area contributed by atoms with Crippen molar-refractivity contribution in [3.8, 4) is 5.69 Å². The third-order valence-electron chi connectivity index (χ3n) is 3.55. The molecule has 132 valence electrons. The largest absolute Gasteiger partial charge is 0.460 e. The van der Waals surface area contributed by atoms with Gasteiger partial charge in [-0.2, -0.15) is 5.10 Å². The first-order valence-corrected chi connectivity index (χ1v) is 8.28. The molecule has 6 nitrogen and oxygen atoms in total. The first-order chi connectivity index (χ1) is 12.6. The molecule has 7 heteroatoms. The molecule has 2 aromatic carbocycles. The molecule has 0 aliphatic rings. The van der Waals surface area contributed by atoms with E-state index in [4.69, 9.17) is 16.3 Å². The summed E-state index contributed by atoms with van der Waals surface area (Å²) in [4.78, 5) is 23.9. The highest BCUT2D eigenvalue weighted by Gasteiger charge is 2.12. The average molecular weight is 370 g/mol. The Morgan fingerprint density at radius 2 is 1.92 bits per heavy atom. The molecular weight excluding hydrogens is 354 g/mol. The third-order valence-corrected chi connectivity index (χ3v) is 3.79. The summed E-state index contributed by atoms with van der Waals surface area (Å²) in [5.41, 5.74) is 1.95. The number of amides is 1. The number of ether oxygens (including phenoxy) is 1. The Bertz CT molecular complexity index is 909. The molecule has 0 atom stereocenters. The van der Waals surface area contributed by atoms with Gasteiger partial charge in [-0.3, -0.25) is 9.59 Å². The molecule has 0 saturated carbocycles. The Morgan fingerprint density at radius 1 is 1.12 bits per heavy atom. The number of nitrogens with zero attached hydrogens (tertiary/aromatic N) is 2. The van der Waals surface area contributed by atoms with Crippen molar-refractivity contribution in [3.05, 3.63) is 83.1 Å². The normalized spacial score (nSPS) is 10.3. The van der Waals surface area contributed by atoms with Gasteiger partial charge in [-0.25, -0.2) is 4.68 Å². The van der Waals surface area contributed by atoms with E-state index in [-0.39, 0.29) is 13.2 Å². The number of carbonyl (C=O) groups excluding carboxylic acids is 2. The smallest absolute Gasteiger partial charge is 0.325 e. The van der Waals surface area contributed by atoms with E-state index >= 15 is 0 Å². The van der Waals surface area contributed by atoms with Gasteiger partial charge in [0.2, 0.25) is 0 Å². The molecule has 26 heavy (non-hydrogen) atoms. The van der Waals surface area contributed by atoms with Gasteiger partial charge < -0.3 is 10.1 Å². The lowest BCUT2D eigenvalue weighted by molar-refractivity contribution is -0.143. The van der Waals surface area contributed by atoms with Crippen LogP contribution in [-0.4, -0.2) is 28.2 Å². The van der Waals surface area contributed by atoms with E-state index in [0.29, 0.717) is 10.6 Å². The number of rotatable bonds is 6. The molecule has 0 unspecified atom stereocenters. The first kappa shape index (κ1) is 17.7. The molecule has 0 fully saturated rings. The Kier molecular flexibility index (Phi) is 5.66. The lowest BCUT2D eigenvalue weighted by Gasteiger charge is -2.06.